The summed E-state index contributed by atoms with van der Waals surface area (Å²) in [5.41, 5.74) is 0.870. The number of nitrogens with one attached hydrogen (secondary N) is 2. The van der Waals surface area contributed by atoms with Crippen molar-refractivity contribution in [2.75, 3.05) is 19.6 Å². The molecule has 1 amide bonds. The lowest BCUT2D eigenvalue weighted by atomic mass is 9.96. The van der Waals surface area contributed by atoms with Gasteiger partial charge in [0.05, 0.1) is 0 Å². The van der Waals surface area contributed by atoms with E-state index in [1.807, 2.05) is 13.0 Å². The Kier molecular flexibility index (Phi) is 8.43. The molecule has 0 aliphatic carbocycles. The van der Waals surface area contributed by atoms with Gasteiger partial charge in [-0.15, -0.1) is 12.4 Å². The molecule has 1 aliphatic heterocycles. The summed E-state index contributed by atoms with van der Waals surface area (Å²) in [4.78, 5) is 12.1. The van der Waals surface area contributed by atoms with Gasteiger partial charge < -0.3 is 10.6 Å². The summed E-state index contributed by atoms with van der Waals surface area (Å²) >= 11 is 0. The summed E-state index contributed by atoms with van der Waals surface area (Å²) in [5, 5.41) is 6.39. The fraction of sp³-hybridized carbons (Fsp3) is 0.588. The van der Waals surface area contributed by atoms with Crippen molar-refractivity contribution < 1.29 is 9.18 Å². The largest absolute Gasteiger partial charge is 0.356 e. The van der Waals surface area contributed by atoms with Gasteiger partial charge in [-0.25, -0.2) is 4.39 Å². The Morgan fingerprint density at radius 1 is 1.50 bits per heavy atom. The van der Waals surface area contributed by atoms with Crippen molar-refractivity contribution in [2.24, 2.45) is 11.8 Å². The lowest BCUT2D eigenvalue weighted by Gasteiger charge is -2.23. The molecule has 1 aromatic rings. The topological polar surface area (TPSA) is 41.1 Å². The third kappa shape index (κ3) is 6.32. The minimum atomic E-state index is -0.245. The minimum absolute atomic E-state index is 0. The van der Waals surface area contributed by atoms with Crippen LogP contribution in [-0.2, 0) is 11.2 Å². The molecule has 22 heavy (non-hydrogen) atoms. The minimum Gasteiger partial charge on any atom is -0.356 e. The van der Waals surface area contributed by atoms with Crippen LogP contribution in [0.5, 0.6) is 0 Å². The Morgan fingerprint density at radius 2 is 2.32 bits per heavy atom. The van der Waals surface area contributed by atoms with Crippen LogP contribution in [0.15, 0.2) is 24.3 Å². The first-order valence-electron chi connectivity index (χ1n) is 7.88. The molecule has 0 radical (unpaired) electrons. The predicted molar refractivity (Wildman–Crippen MR) is 89.7 cm³/mol. The van der Waals surface area contributed by atoms with Crippen LogP contribution in [-0.4, -0.2) is 25.5 Å². The molecule has 3 nitrogen and oxygen atoms in total. The van der Waals surface area contributed by atoms with Gasteiger partial charge in [0.1, 0.15) is 5.82 Å². The highest BCUT2D eigenvalue weighted by Crippen LogP contribution is 2.14. The second-order valence-corrected chi connectivity index (χ2v) is 6.03. The molecule has 1 fully saturated rings. The fourth-order valence-electron chi connectivity index (χ4n) is 2.85. The molecule has 0 spiro atoms. The van der Waals surface area contributed by atoms with Crippen LogP contribution in [0.3, 0.4) is 0 Å². The molecule has 1 heterocycles. The van der Waals surface area contributed by atoms with E-state index in [1.165, 1.54) is 25.0 Å². The summed E-state index contributed by atoms with van der Waals surface area (Å²) in [6.45, 7) is 4.81. The number of hydrogen-bond donors (Lipinski definition) is 2. The Hall–Kier alpha value is -1.13. The third-order valence-corrected chi connectivity index (χ3v) is 4.13. The maximum Gasteiger partial charge on any atom is 0.223 e. The molecule has 1 aliphatic rings. The van der Waals surface area contributed by atoms with E-state index in [0.717, 1.165) is 31.6 Å². The van der Waals surface area contributed by atoms with Crippen molar-refractivity contribution in [1.29, 1.82) is 0 Å². The maximum absolute atomic E-state index is 13.1. The SMILES string of the molecule is CC(Cc1cccc(F)c1)C(=O)NCCC1CCCNC1.Cl. The first kappa shape index (κ1) is 18.9. The second kappa shape index (κ2) is 9.80. The van der Waals surface area contributed by atoms with Crippen molar-refractivity contribution in [3.05, 3.63) is 35.6 Å². The molecule has 2 atom stereocenters. The number of benzene rings is 1. The number of rotatable bonds is 6. The molecule has 0 saturated carbocycles. The van der Waals surface area contributed by atoms with E-state index in [2.05, 4.69) is 10.6 Å². The molecule has 124 valence electrons. The summed E-state index contributed by atoms with van der Waals surface area (Å²) in [6.07, 6.45) is 4.09. The molecule has 5 heteroatoms. The zero-order chi connectivity index (χ0) is 15.1. The highest BCUT2D eigenvalue weighted by molar-refractivity contribution is 5.85. The van der Waals surface area contributed by atoms with Gasteiger partial charge in [0.2, 0.25) is 5.91 Å². The van der Waals surface area contributed by atoms with Crippen LogP contribution < -0.4 is 10.6 Å². The van der Waals surface area contributed by atoms with Crippen LogP contribution in [0.25, 0.3) is 0 Å². The zero-order valence-electron chi connectivity index (χ0n) is 13.1. The van der Waals surface area contributed by atoms with E-state index in [4.69, 9.17) is 0 Å². The van der Waals surface area contributed by atoms with Gasteiger partial charge in [-0.3, -0.25) is 4.79 Å². The highest BCUT2D eigenvalue weighted by atomic mass is 35.5. The number of hydrogen-bond acceptors (Lipinski definition) is 2. The van der Waals surface area contributed by atoms with Crippen LogP contribution in [0.2, 0.25) is 0 Å². The van der Waals surface area contributed by atoms with Gasteiger partial charge >= 0.3 is 0 Å². The number of carbonyl (C=O) groups excluding carboxylic acids is 1. The normalized spacial score (nSPS) is 19.1. The standard InChI is InChI=1S/C17H25FN2O.ClH/c1-13(10-15-4-2-6-16(18)11-15)17(21)20-9-7-14-5-3-8-19-12-14;/h2,4,6,11,13-14,19H,3,5,7-10,12H2,1H3,(H,20,21);1H. The van der Waals surface area contributed by atoms with Gasteiger partial charge in [-0.2, -0.15) is 0 Å². The van der Waals surface area contributed by atoms with Crippen molar-refractivity contribution >= 4 is 18.3 Å². The van der Waals surface area contributed by atoms with E-state index in [1.54, 1.807) is 6.07 Å². The smallest absolute Gasteiger partial charge is 0.223 e. The van der Waals surface area contributed by atoms with Crippen LogP contribution in [0, 0.1) is 17.7 Å². The molecule has 0 bridgehead atoms. The summed E-state index contributed by atoms with van der Waals surface area (Å²) in [5.74, 6) is 0.363. The predicted octanol–water partition coefficient (Wildman–Crippen LogP) is 2.93. The Morgan fingerprint density at radius 3 is 3.00 bits per heavy atom. The lowest BCUT2D eigenvalue weighted by Crippen LogP contribution is -2.35. The van der Waals surface area contributed by atoms with Crippen LogP contribution >= 0.6 is 12.4 Å². The first-order valence-corrected chi connectivity index (χ1v) is 7.88. The van der Waals surface area contributed by atoms with Gasteiger partial charge in [0, 0.05) is 12.5 Å². The van der Waals surface area contributed by atoms with Gasteiger partial charge in [0.25, 0.3) is 0 Å². The first-order chi connectivity index (χ1) is 10.1. The molecular formula is C17H26ClFN2O. The molecular weight excluding hydrogens is 303 g/mol. The Bertz CT molecular complexity index is 464. The number of carbonyl (C=O) groups is 1. The van der Waals surface area contributed by atoms with Gasteiger partial charge in [-0.05, 0) is 62.4 Å². The lowest BCUT2D eigenvalue weighted by molar-refractivity contribution is -0.124. The van der Waals surface area contributed by atoms with E-state index >= 15 is 0 Å². The number of halogens is 2. The van der Waals surface area contributed by atoms with Crippen molar-refractivity contribution in [1.82, 2.24) is 10.6 Å². The molecule has 2 N–H and O–H groups in total. The average molecular weight is 329 g/mol. The van der Waals surface area contributed by atoms with Crippen molar-refractivity contribution in [2.45, 2.75) is 32.6 Å². The van der Waals surface area contributed by atoms with Crippen molar-refractivity contribution in [3.63, 3.8) is 0 Å². The van der Waals surface area contributed by atoms with E-state index in [9.17, 15) is 9.18 Å². The molecule has 1 saturated heterocycles. The monoisotopic (exact) mass is 328 g/mol. The fourth-order valence-corrected chi connectivity index (χ4v) is 2.85. The summed E-state index contributed by atoms with van der Waals surface area (Å²) < 4.78 is 13.1. The van der Waals surface area contributed by atoms with E-state index < -0.39 is 0 Å². The van der Waals surface area contributed by atoms with Crippen LogP contribution in [0.4, 0.5) is 4.39 Å². The van der Waals surface area contributed by atoms with Gasteiger partial charge in [0.15, 0.2) is 0 Å². The maximum atomic E-state index is 13.1. The molecule has 2 rings (SSSR count). The Balaban J connectivity index is 0.00000242. The highest BCUT2D eigenvalue weighted by Gasteiger charge is 2.16. The second-order valence-electron chi connectivity index (χ2n) is 6.03. The quantitative estimate of drug-likeness (QED) is 0.843. The zero-order valence-corrected chi connectivity index (χ0v) is 13.9. The summed E-state index contributed by atoms with van der Waals surface area (Å²) in [7, 11) is 0. The van der Waals surface area contributed by atoms with Crippen LogP contribution in [0.1, 0.15) is 31.7 Å². The van der Waals surface area contributed by atoms with E-state index in [-0.39, 0.29) is 30.0 Å². The third-order valence-electron chi connectivity index (χ3n) is 4.13. The Labute approximate surface area is 138 Å². The number of piperidine rings is 1. The average Bonchev–Trinajstić information content (AvgIpc) is 2.48. The molecule has 1 aromatic carbocycles. The molecule has 2 unspecified atom stereocenters. The molecule has 0 aromatic heterocycles. The van der Waals surface area contributed by atoms with E-state index in [0.29, 0.717) is 12.3 Å². The van der Waals surface area contributed by atoms with Gasteiger partial charge in [-0.1, -0.05) is 19.1 Å². The number of amides is 1. The summed E-state index contributed by atoms with van der Waals surface area (Å²) in [6, 6.07) is 6.47. The van der Waals surface area contributed by atoms with Crippen molar-refractivity contribution in [3.8, 4) is 0 Å².